The standard InChI is InChI=1S/C20H31N3O.2C2HF3O2/c1-24-15-19-12-20(7-10-22(11-8-20)13-17-5-6-17)16-23(19)14-18-4-2-3-9-21-18;2*3-2(4,5)1(6)7/h2-4,9,17,19H,5-8,10-16H2,1H3;2*(H,6,7). The van der Waals surface area contributed by atoms with Crippen molar-refractivity contribution in [1.29, 1.82) is 0 Å². The second-order valence-corrected chi connectivity index (χ2v) is 9.89. The van der Waals surface area contributed by atoms with Crippen molar-refractivity contribution in [2.75, 3.05) is 39.9 Å². The van der Waals surface area contributed by atoms with Gasteiger partial charge in [0.2, 0.25) is 0 Å². The monoisotopic (exact) mass is 557 g/mol. The van der Waals surface area contributed by atoms with Crippen LogP contribution in [0.15, 0.2) is 24.4 Å². The topological polar surface area (TPSA) is 103 Å². The molecule has 0 bridgehead atoms. The molecule has 1 aromatic rings. The first-order valence-corrected chi connectivity index (χ1v) is 12.1. The number of carboxylic acid groups (broad SMARTS) is 2. The number of alkyl halides is 6. The van der Waals surface area contributed by atoms with Gasteiger partial charge in [-0.25, -0.2) is 9.59 Å². The lowest BCUT2D eigenvalue weighted by Crippen LogP contribution is -2.42. The highest BCUT2D eigenvalue weighted by Crippen LogP contribution is 2.44. The molecular formula is C24H33F6N3O5. The van der Waals surface area contributed by atoms with Gasteiger partial charge in [-0.1, -0.05) is 6.07 Å². The van der Waals surface area contributed by atoms with Gasteiger partial charge in [-0.15, -0.1) is 0 Å². The summed E-state index contributed by atoms with van der Waals surface area (Å²) in [6.07, 6.45) is -1.31. The molecule has 1 aliphatic carbocycles. The van der Waals surface area contributed by atoms with E-state index < -0.39 is 24.3 Å². The number of ether oxygens (including phenoxy) is 1. The number of carbonyl (C=O) groups is 2. The lowest BCUT2D eigenvalue weighted by molar-refractivity contribution is -0.193. The van der Waals surface area contributed by atoms with Gasteiger partial charge in [-0.3, -0.25) is 9.88 Å². The molecule has 38 heavy (non-hydrogen) atoms. The van der Waals surface area contributed by atoms with Crippen LogP contribution in [-0.2, 0) is 20.9 Å². The van der Waals surface area contributed by atoms with E-state index in [4.69, 9.17) is 24.5 Å². The van der Waals surface area contributed by atoms with E-state index in [0.29, 0.717) is 11.5 Å². The van der Waals surface area contributed by atoms with E-state index in [0.717, 1.165) is 19.1 Å². The predicted molar refractivity (Wildman–Crippen MR) is 123 cm³/mol. The SMILES string of the molecule is COCC1CC2(CCN(CC3CC3)CC2)CN1Cc1ccccn1.O=C(O)C(F)(F)F.O=C(O)C(F)(F)F. The molecule has 1 unspecified atom stereocenters. The first-order valence-electron chi connectivity index (χ1n) is 12.1. The highest BCUT2D eigenvalue weighted by molar-refractivity contribution is 5.73. The van der Waals surface area contributed by atoms with Crippen LogP contribution in [0.25, 0.3) is 0 Å². The second kappa shape index (κ2) is 13.6. The van der Waals surface area contributed by atoms with Crippen molar-refractivity contribution in [2.45, 2.75) is 57.0 Å². The molecular weight excluding hydrogens is 524 g/mol. The number of likely N-dealkylation sites (tertiary alicyclic amines) is 2. The van der Waals surface area contributed by atoms with Crippen LogP contribution in [0, 0.1) is 11.3 Å². The average Bonchev–Trinajstić information content (AvgIpc) is 3.58. The molecule has 0 amide bonds. The van der Waals surface area contributed by atoms with Gasteiger partial charge >= 0.3 is 24.3 Å². The highest BCUT2D eigenvalue weighted by atomic mass is 19.4. The summed E-state index contributed by atoms with van der Waals surface area (Å²) in [4.78, 5) is 27.7. The Kier molecular flexibility index (Phi) is 11.3. The number of aliphatic carboxylic acids is 2. The number of methoxy groups -OCH3 is 1. The van der Waals surface area contributed by atoms with Crippen molar-refractivity contribution in [3.05, 3.63) is 30.1 Å². The van der Waals surface area contributed by atoms with Crippen LogP contribution >= 0.6 is 0 Å². The third-order valence-corrected chi connectivity index (χ3v) is 6.79. The van der Waals surface area contributed by atoms with Crippen LogP contribution in [0.5, 0.6) is 0 Å². The maximum atomic E-state index is 10.6. The summed E-state index contributed by atoms with van der Waals surface area (Å²) in [5, 5.41) is 14.2. The molecule has 1 saturated carbocycles. The molecule has 3 aliphatic rings. The summed E-state index contributed by atoms with van der Waals surface area (Å²) in [5.74, 6) is -4.50. The van der Waals surface area contributed by atoms with Gasteiger partial charge in [0.1, 0.15) is 0 Å². The Bertz CT molecular complexity index is 864. The Morgan fingerprint density at radius 1 is 1.05 bits per heavy atom. The third-order valence-electron chi connectivity index (χ3n) is 6.79. The first-order chi connectivity index (χ1) is 17.6. The summed E-state index contributed by atoms with van der Waals surface area (Å²) < 4.78 is 69.0. The third kappa shape index (κ3) is 10.7. The summed E-state index contributed by atoms with van der Waals surface area (Å²) in [6, 6.07) is 6.78. The smallest absolute Gasteiger partial charge is 0.475 e. The lowest BCUT2D eigenvalue weighted by atomic mass is 9.76. The molecule has 216 valence electrons. The first kappa shape index (κ1) is 31.8. The van der Waals surface area contributed by atoms with Gasteiger partial charge in [0.05, 0.1) is 12.3 Å². The van der Waals surface area contributed by atoms with E-state index in [1.54, 1.807) is 0 Å². The lowest BCUT2D eigenvalue weighted by Gasteiger charge is -2.39. The molecule has 2 N–H and O–H groups in total. The fourth-order valence-electron chi connectivity index (χ4n) is 4.73. The van der Waals surface area contributed by atoms with Crippen molar-refractivity contribution >= 4 is 11.9 Å². The van der Waals surface area contributed by atoms with Crippen LogP contribution in [0.3, 0.4) is 0 Å². The summed E-state index contributed by atoms with van der Waals surface area (Å²) in [5.41, 5.74) is 1.69. The zero-order valence-electron chi connectivity index (χ0n) is 21.0. The molecule has 1 spiro atoms. The Morgan fingerprint density at radius 2 is 1.61 bits per heavy atom. The van der Waals surface area contributed by atoms with Crippen LogP contribution in [0.1, 0.15) is 37.8 Å². The second-order valence-electron chi connectivity index (χ2n) is 9.89. The van der Waals surface area contributed by atoms with E-state index in [-0.39, 0.29) is 0 Å². The minimum absolute atomic E-state index is 0.512. The van der Waals surface area contributed by atoms with Crippen molar-refractivity contribution in [3.8, 4) is 0 Å². The van der Waals surface area contributed by atoms with E-state index >= 15 is 0 Å². The highest BCUT2D eigenvalue weighted by Gasteiger charge is 2.45. The van der Waals surface area contributed by atoms with Gasteiger partial charge in [0.25, 0.3) is 0 Å². The molecule has 2 aliphatic heterocycles. The van der Waals surface area contributed by atoms with Crippen LogP contribution in [0.2, 0.25) is 0 Å². The average molecular weight is 558 g/mol. The Morgan fingerprint density at radius 3 is 2.03 bits per heavy atom. The normalized spacial score (nSPS) is 21.7. The minimum Gasteiger partial charge on any atom is -0.475 e. The van der Waals surface area contributed by atoms with Gasteiger partial charge < -0.3 is 19.8 Å². The number of piperidine rings is 1. The molecule has 3 fully saturated rings. The van der Waals surface area contributed by atoms with E-state index in [9.17, 15) is 26.3 Å². The molecule has 1 atom stereocenters. The van der Waals surface area contributed by atoms with Crippen LogP contribution in [-0.4, -0.2) is 95.2 Å². The number of aromatic nitrogens is 1. The number of rotatable bonds is 6. The molecule has 14 heteroatoms. The summed E-state index contributed by atoms with van der Waals surface area (Å²) in [6.45, 7) is 6.98. The number of pyridine rings is 1. The molecule has 0 aromatic carbocycles. The van der Waals surface area contributed by atoms with E-state index in [2.05, 4.69) is 26.9 Å². The Labute approximate surface area is 216 Å². The van der Waals surface area contributed by atoms with Gasteiger partial charge in [-0.2, -0.15) is 26.3 Å². The van der Waals surface area contributed by atoms with E-state index in [1.807, 2.05) is 19.4 Å². The Balaban J connectivity index is 0.000000301. The van der Waals surface area contributed by atoms with Gasteiger partial charge in [0.15, 0.2) is 0 Å². The van der Waals surface area contributed by atoms with Crippen molar-refractivity contribution in [2.24, 2.45) is 11.3 Å². The zero-order chi connectivity index (χ0) is 28.6. The van der Waals surface area contributed by atoms with Gasteiger partial charge in [-0.05, 0) is 68.7 Å². The molecule has 0 radical (unpaired) electrons. The molecule has 3 heterocycles. The summed E-state index contributed by atoms with van der Waals surface area (Å²) in [7, 11) is 1.84. The maximum absolute atomic E-state index is 10.6. The fourth-order valence-corrected chi connectivity index (χ4v) is 4.73. The molecule has 4 rings (SSSR count). The number of hydrogen-bond acceptors (Lipinski definition) is 6. The maximum Gasteiger partial charge on any atom is 0.490 e. The van der Waals surface area contributed by atoms with Crippen LogP contribution < -0.4 is 0 Å². The summed E-state index contributed by atoms with van der Waals surface area (Å²) >= 11 is 0. The minimum atomic E-state index is -5.08. The quantitative estimate of drug-likeness (QED) is 0.505. The van der Waals surface area contributed by atoms with Crippen molar-refractivity contribution < 1.29 is 50.9 Å². The van der Waals surface area contributed by atoms with Crippen LogP contribution in [0.4, 0.5) is 26.3 Å². The number of nitrogens with zero attached hydrogens (tertiary/aromatic N) is 3. The van der Waals surface area contributed by atoms with E-state index in [1.165, 1.54) is 64.0 Å². The molecule has 2 saturated heterocycles. The molecule has 1 aromatic heterocycles. The van der Waals surface area contributed by atoms with Crippen molar-refractivity contribution in [1.82, 2.24) is 14.8 Å². The largest absolute Gasteiger partial charge is 0.490 e. The molecule has 8 nitrogen and oxygen atoms in total. The number of halogens is 6. The number of hydrogen-bond donors (Lipinski definition) is 2. The fraction of sp³-hybridized carbons (Fsp3) is 0.708. The van der Waals surface area contributed by atoms with Crippen molar-refractivity contribution in [3.63, 3.8) is 0 Å². The number of carboxylic acids is 2. The van der Waals surface area contributed by atoms with Gasteiger partial charge in [0, 0.05) is 39.0 Å². The Hall–Kier alpha value is -2.45. The zero-order valence-corrected chi connectivity index (χ0v) is 21.0. The predicted octanol–water partition coefficient (Wildman–Crippen LogP) is 4.06.